The number of nitrogens with zero attached hydrogens (tertiary/aromatic N) is 7. The summed E-state index contributed by atoms with van der Waals surface area (Å²) in [5.41, 5.74) is 1.09. The Labute approximate surface area is 112 Å². The quantitative estimate of drug-likeness (QED) is 0.694. The van der Waals surface area contributed by atoms with Crippen LogP contribution in [-0.2, 0) is 7.05 Å². The number of rotatable bonds is 2. The predicted octanol–water partition coefficient (Wildman–Crippen LogP) is 1.07. The predicted molar refractivity (Wildman–Crippen MR) is 66.0 cm³/mol. The molecule has 0 saturated heterocycles. The smallest absolute Gasteiger partial charge is 0.225 e. The van der Waals surface area contributed by atoms with Crippen LogP contribution >= 0.6 is 0 Å². The summed E-state index contributed by atoms with van der Waals surface area (Å²) in [6.07, 6.45) is 1.76. The maximum atomic E-state index is 13.4. The van der Waals surface area contributed by atoms with E-state index in [0.717, 1.165) is 10.9 Å². The summed E-state index contributed by atoms with van der Waals surface area (Å²) >= 11 is 0. The number of tetrazole rings is 1. The number of hydrogen-bond acceptors (Lipinski definition) is 5. The Balaban J connectivity index is 2.02. The van der Waals surface area contributed by atoms with E-state index >= 15 is 0 Å². The van der Waals surface area contributed by atoms with Gasteiger partial charge in [-0.3, -0.25) is 4.68 Å². The van der Waals surface area contributed by atoms with Crippen LogP contribution in [0, 0.1) is 17.1 Å². The van der Waals surface area contributed by atoms with E-state index in [-0.39, 0.29) is 5.56 Å². The number of nitriles is 1. The molecule has 7 nitrogen and oxygen atoms in total. The van der Waals surface area contributed by atoms with Gasteiger partial charge in [0, 0.05) is 19.3 Å². The third kappa shape index (κ3) is 2.12. The molecule has 0 atom stereocenters. The van der Waals surface area contributed by atoms with Gasteiger partial charge >= 0.3 is 0 Å². The van der Waals surface area contributed by atoms with Crippen LogP contribution in [0.2, 0.25) is 0 Å². The molecule has 0 spiro atoms. The average molecular weight is 269 g/mol. The lowest BCUT2D eigenvalue weighted by Crippen LogP contribution is -2.00. The van der Waals surface area contributed by atoms with Crippen LogP contribution in [-0.4, -0.2) is 30.0 Å². The van der Waals surface area contributed by atoms with Crippen molar-refractivity contribution >= 4 is 0 Å². The van der Waals surface area contributed by atoms with E-state index in [0.29, 0.717) is 17.2 Å². The van der Waals surface area contributed by atoms with Crippen molar-refractivity contribution < 1.29 is 4.39 Å². The fourth-order valence-electron chi connectivity index (χ4n) is 1.71. The normalized spacial score (nSPS) is 10.4. The van der Waals surface area contributed by atoms with Crippen LogP contribution in [0.1, 0.15) is 5.56 Å². The highest BCUT2D eigenvalue weighted by atomic mass is 19.1. The summed E-state index contributed by atoms with van der Waals surface area (Å²) in [6.45, 7) is 0. The van der Waals surface area contributed by atoms with E-state index in [1.807, 2.05) is 6.07 Å². The molecule has 3 aromatic rings. The molecule has 0 aliphatic rings. The van der Waals surface area contributed by atoms with Crippen LogP contribution in [0.5, 0.6) is 0 Å². The first-order valence-electron chi connectivity index (χ1n) is 5.67. The van der Waals surface area contributed by atoms with Gasteiger partial charge in [0.25, 0.3) is 0 Å². The molecule has 0 fully saturated rings. The van der Waals surface area contributed by atoms with Gasteiger partial charge in [-0.05, 0) is 23.4 Å². The third-order valence-electron chi connectivity index (χ3n) is 2.60. The van der Waals surface area contributed by atoms with Crippen molar-refractivity contribution in [2.75, 3.05) is 0 Å². The van der Waals surface area contributed by atoms with Gasteiger partial charge in [0.15, 0.2) is 0 Å². The molecule has 20 heavy (non-hydrogen) atoms. The molecule has 0 unspecified atom stereocenters. The van der Waals surface area contributed by atoms with Gasteiger partial charge in [0.2, 0.25) is 5.82 Å². The lowest BCUT2D eigenvalue weighted by atomic mass is 10.2. The first-order valence-corrected chi connectivity index (χ1v) is 5.67. The zero-order valence-corrected chi connectivity index (χ0v) is 10.4. The first kappa shape index (κ1) is 12.0. The minimum atomic E-state index is -0.532. The summed E-state index contributed by atoms with van der Waals surface area (Å²) in [5, 5.41) is 24.8. The van der Waals surface area contributed by atoms with Crippen LogP contribution < -0.4 is 0 Å². The highest BCUT2D eigenvalue weighted by molar-refractivity contribution is 5.47. The Kier molecular flexibility index (Phi) is 2.72. The Hall–Kier alpha value is -3.08. The average Bonchev–Trinajstić information content (AvgIpc) is 3.06. The Morgan fingerprint density at radius 2 is 2.10 bits per heavy atom. The van der Waals surface area contributed by atoms with Gasteiger partial charge in [-0.2, -0.15) is 10.4 Å². The molecule has 0 bridgehead atoms. The van der Waals surface area contributed by atoms with E-state index in [2.05, 4.69) is 20.5 Å². The molecular formula is C12H8FN7. The molecule has 98 valence electrons. The Morgan fingerprint density at radius 1 is 1.25 bits per heavy atom. The summed E-state index contributed by atoms with van der Waals surface area (Å²) in [5.74, 6) is -0.205. The molecule has 1 aromatic carbocycles. The van der Waals surface area contributed by atoms with Gasteiger partial charge in [-0.1, -0.05) is 0 Å². The summed E-state index contributed by atoms with van der Waals surface area (Å²) in [6, 6.07) is 7.46. The molecule has 0 N–H and O–H groups in total. The standard InChI is InChI=1S/C12H8FN7/c1-19-3-2-11(16-19)12-15-18-20(17-12)10-5-8(7-14)4-9(13)6-10/h2-6H,1H3. The number of aryl methyl sites for hydroxylation is 1. The molecule has 8 heteroatoms. The van der Waals surface area contributed by atoms with E-state index in [1.54, 1.807) is 24.0 Å². The molecule has 2 aromatic heterocycles. The highest BCUT2D eigenvalue weighted by Crippen LogP contribution is 2.14. The molecule has 0 radical (unpaired) electrons. The zero-order chi connectivity index (χ0) is 14.1. The van der Waals surface area contributed by atoms with Gasteiger partial charge in [0.1, 0.15) is 11.5 Å². The molecule has 0 amide bonds. The number of halogens is 1. The highest BCUT2D eigenvalue weighted by Gasteiger charge is 2.11. The Bertz CT molecular complexity index is 811. The second kappa shape index (κ2) is 4.55. The lowest BCUT2D eigenvalue weighted by Gasteiger charge is -1.99. The number of benzene rings is 1. The SMILES string of the molecule is Cn1ccc(-c2nnn(-c3cc(F)cc(C#N)c3)n2)n1. The minimum absolute atomic E-state index is 0.191. The van der Waals surface area contributed by atoms with Crippen LogP contribution in [0.3, 0.4) is 0 Å². The fourth-order valence-corrected chi connectivity index (χ4v) is 1.71. The number of hydrogen-bond donors (Lipinski definition) is 0. The van der Waals surface area contributed by atoms with Crippen molar-refractivity contribution in [3.8, 4) is 23.3 Å². The van der Waals surface area contributed by atoms with Crippen LogP contribution in [0.15, 0.2) is 30.5 Å². The molecule has 0 saturated carbocycles. The van der Waals surface area contributed by atoms with Gasteiger partial charge in [-0.15, -0.1) is 15.0 Å². The minimum Gasteiger partial charge on any atom is -0.275 e. The second-order valence-electron chi connectivity index (χ2n) is 4.09. The van der Waals surface area contributed by atoms with Crippen LogP contribution in [0.25, 0.3) is 17.2 Å². The molecule has 0 aliphatic heterocycles. The molecule has 0 aliphatic carbocycles. The van der Waals surface area contributed by atoms with Crippen molar-refractivity contribution in [1.29, 1.82) is 5.26 Å². The van der Waals surface area contributed by atoms with Crippen LogP contribution in [0.4, 0.5) is 4.39 Å². The van der Waals surface area contributed by atoms with E-state index < -0.39 is 5.82 Å². The fraction of sp³-hybridized carbons (Fsp3) is 0.0833. The largest absolute Gasteiger partial charge is 0.275 e. The number of aromatic nitrogens is 6. The van der Waals surface area contributed by atoms with E-state index in [4.69, 9.17) is 5.26 Å². The van der Waals surface area contributed by atoms with Crippen molar-refractivity contribution in [2.45, 2.75) is 0 Å². The monoisotopic (exact) mass is 269 g/mol. The zero-order valence-electron chi connectivity index (χ0n) is 10.4. The van der Waals surface area contributed by atoms with E-state index in [9.17, 15) is 4.39 Å². The Morgan fingerprint density at radius 3 is 2.80 bits per heavy atom. The summed E-state index contributed by atoms with van der Waals surface area (Å²) in [7, 11) is 1.78. The van der Waals surface area contributed by atoms with Crippen molar-refractivity contribution in [1.82, 2.24) is 30.0 Å². The van der Waals surface area contributed by atoms with Crippen molar-refractivity contribution in [3.63, 3.8) is 0 Å². The maximum Gasteiger partial charge on any atom is 0.225 e. The summed E-state index contributed by atoms with van der Waals surface area (Å²) < 4.78 is 15.0. The first-order chi connectivity index (χ1) is 9.65. The molecular weight excluding hydrogens is 261 g/mol. The van der Waals surface area contributed by atoms with E-state index in [1.165, 1.54) is 12.1 Å². The van der Waals surface area contributed by atoms with Crippen molar-refractivity contribution in [2.24, 2.45) is 7.05 Å². The van der Waals surface area contributed by atoms with Crippen molar-refractivity contribution in [3.05, 3.63) is 41.8 Å². The van der Waals surface area contributed by atoms with Gasteiger partial charge in [-0.25, -0.2) is 4.39 Å². The topological polar surface area (TPSA) is 85.2 Å². The molecule has 2 heterocycles. The second-order valence-corrected chi connectivity index (χ2v) is 4.09. The maximum absolute atomic E-state index is 13.4. The van der Waals surface area contributed by atoms with Gasteiger partial charge in [0.05, 0.1) is 17.3 Å². The lowest BCUT2D eigenvalue weighted by molar-refractivity contribution is 0.620. The third-order valence-corrected chi connectivity index (χ3v) is 2.60. The van der Waals surface area contributed by atoms with Gasteiger partial charge < -0.3 is 0 Å². The molecule has 3 rings (SSSR count). The summed E-state index contributed by atoms with van der Waals surface area (Å²) in [4.78, 5) is 1.16.